The van der Waals surface area contributed by atoms with E-state index in [-0.39, 0.29) is 0 Å². The largest absolute Gasteiger partial charge is 0.361 e. The fourth-order valence-electron chi connectivity index (χ4n) is 2.91. The van der Waals surface area contributed by atoms with Crippen molar-refractivity contribution in [2.24, 2.45) is 0 Å². The first-order chi connectivity index (χ1) is 9.76. The molecule has 4 rings (SSSR count). The summed E-state index contributed by atoms with van der Waals surface area (Å²) in [5.74, 6) is 2.05. The van der Waals surface area contributed by atoms with Gasteiger partial charge in [0.05, 0.1) is 13.2 Å². The Morgan fingerprint density at radius 3 is 2.80 bits per heavy atom. The van der Waals surface area contributed by atoms with Gasteiger partial charge in [-0.15, -0.1) is 10.2 Å². The summed E-state index contributed by atoms with van der Waals surface area (Å²) in [5.41, 5.74) is 0.727. The van der Waals surface area contributed by atoms with Gasteiger partial charge in [-0.1, -0.05) is 5.16 Å². The second-order valence-corrected chi connectivity index (χ2v) is 5.27. The number of hydrogen-bond acceptors (Lipinski definition) is 6. The summed E-state index contributed by atoms with van der Waals surface area (Å²) in [6, 6.07) is 1.88. The van der Waals surface area contributed by atoms with Crippen LogP contribution in [0.3, 0.4) is 0 Å². The highest BCUT2D eigenvalue weighted by atomic mass is 16.7. The number of aromatic nitrogens is 4. The van der Waals surface area contributed by atoms with Crippen LogP contribution in [-0.4, -0.2) is 38.9 Å². The third-order valence-corrected chi connectivity index (χ3v) is 3.94. The molecular formula is C13H16N4O3. The van der Waals surface area contributed by atoms with Crippen molar-refractivity contribution in [3.63, 3.8) is 0 Å². The molecule has 7 heteroatoms. The van der Waals surface area contributed by atoms with E-state index in [4.69, 9.17) is 14.0 Å². The van der Waals surface area contributed by atoms with Gasteiger partial charge in [-0.2, -0.15) is 0 Å². The molecule has 0 bridgehead atoms. The van der Waals surface area contributed by atoms with Gasteiger partial charge in [0.15, 0.2) is 17.3 Å². The van der Waals surface area contributed by atoms with E-state index in [1.807, 2.05) is 13.0 Å². The summed E-state index contributed by atoms with van der Waals surface area (Å²) < 4.78 is 18.8. The molecule has 1 fully saturated rings. The van der Waals surface area contributed by atoms with Gasteiger partial charge in [0.25, 0.3) is 0 Å². The molecule has 0 aromatic carbocycles. The molecule has 7 nitrogen and oxygen atoms in total. The lowest BCUT2D eigenvalue weighted by atomic mass is 10.1. The van der Waals surface area contributed by atoms with Crippen LogP contribution in [0.2, 0.25) is 0 Å². The lowest BCUT2D eigenvalue weighted by molar-refractivity contribution is -0.165. The number of nitrogens with zero attached hydrogens (tertiary/aromatic N) is 4. The molecule has 0 aliphatic carbocycles. The first kappa shape index (κ1) is 12.0. The van der Waals surface area contributed by atoms with Crippen LogP contribution in [0.4, 0.5) is 0 Å². The Labute approximate surface area is 115 Å². The maximum atomic E-state index is 5.79. The van der Waals surface area contributed by atoms with Crippen molar-refractivity contribution in [1.29, 1.82) is 0 Å². The van der Waals surface area contributed by atoms with Gasteiger partial charge in [0.1, 0.15) is 11.6 Å². The predicted molar refractivity (Wildman–Crippen MR) is 67.8 cm³/mol. The molecule has 1 spiro atoms. The van der Waals surface area contributed by atoms with Gasteiger partial charge in [-0.25, -0.2) is 0 Å². The summed E-state index contributed by atoms with van der Waals surface area (Å²) in [6.07, 6.45) is 2.43. The molecule has 2 aliphatic rings. The van der Waals surface area contributed by atoms with Gasteiger partial charge in [0, 0.05) is 31.9 Å². The summed E-state index contributed by atoms with van der Waals surface area (Å²) in [4.78, 5) is 0. The molecule has 4 heterocycles. The molecule has 20 heavy (non-hydrogen) atoms. The average molecular weight is 276 g/mol. The maximum absolute atomic E-state index is 5.79. The van der Waals surface area contributed by atoms with E-state index in [1.165, 1.54) is 0 Å². The van der Waals surface area contributed by atoms with Crippen molar-refractivity contribution in [3.05, 3.63) is 17.7 Å². The van der Waals surface area contributed by atoms with E-state index >= 15 is 0 Å². The second kappa shape index (κ2) is 4.39. The Kier molecular flexibility index (Phi) is 2.64. The number of aryl methyl sites for hydroxylation is 2. The predicted octanol–water partition coefficient (Wildman–Crippen LogP) is 1.32. The molecule has 2 aromatic heterocycles. The normalized spacial score (nSPS) is 21.1. The standard InChI is InChI=1S/C13H16N4O3/c1-9-8-10(16-20-9)12-15-14-11-2-3-13(4-5-17(11)12)18-6-7-19-13/h8H,2-7H2,1H3. The monoisotopic (exact) mass is 276 g/mol. The Bertz CT molecular complexity index is 627. The molecule has 0 saturated carbocycles. The van der Waals surface area contributed by atoms with Crippen molar-refractivity contribution in [2.45, 2.75) is 38.5 Å². The highest BCUT2D eigenvalue weighted by Crippen LogP contribution is 2.33. The Hall–Kier alpha value is -1.73. The van der Waals surface area contributed by atoms with Gasteiger partial charge < -0.3 is 18.6 Å². The smallest absolute Gasteiger partial charge is 0.186 e. The third-order valence-electron chi connectivity index (χ3n) is 3.94. The van der Waals surface area contributed by atoms with E-state index in [1.54, 1.807) is 0 Å². The van der Waals surface area contributed by atoms with E-state index in [0.29, 0.717) is 13.2 Å². The number of rotatable bonds is 1. The van der Waals surface area contributed by atoms with Crippen molar-refractivity contribution in [2.75, 3.05) is 13.2 Å². The van der Waals surface area contributed by atoms with Crippen LogP contribution in [0.25, 0.3) is 11.5 Å². The number of hydrogen-bond donors (Lipinski definition) is 0. The molecule has 0 unspecified atom stereocenters. The van der Waals surface area contributed by atoms with Crippen LogP contribution in [0.5, 0.6) is 0 Å². The van der Waals surface area contributed by atoms with Gasteiger partial charge >= 0.3 is 0 Å². The van der Waals surface area contributed by atoms with Crippen LogP contribution in [-0.2, 0) is 22.4 Å². The first-order valence-electron chi connectivity index (χ1n) is 6.89. The topological polar surface area (TPSA) is 75.2 Å². The van der Waals surface area contributed by atoms with E-state index in [2.05, 4.69) is 19.9 Å². The minimum atomic E-state index is -0.433. The highest BCUT2D eigenvalue weighted by Gasteiger charge is 2.39. The van der Waals surface area contributed by atoms with Crippen molar-refractivity contribution < 1.29 is 14.0 Å². The fourth-order valence-corrected chi connectivity index (χ4v) is 2.91. The molecule has 0 N–H and O–H groups in total. The molecule has 1 saturated heterocycles. The highest BCUT2D eigenvalue weighted by molar-refractivity contribution is 5.49. The van der Waals surface area contributed by atoms with Crippen LogP contribution in [0, 0.1) is 6.92 Å². The number of ether oxygens (including phenoxy) is 2. The van der Waals surface area contributed by atoms with Crippen LogP contribution in [0.15, 0.2) is 10.6 Å². The van der Waals surface area contributed by atoms with Gasteiger partial charge in [-0.3, -0.25) is 0 Å². The van der Waals surface area contributed by atoms with E-state index < -0.39 is 5.79 Å². The molecule has 0 atom stereocenters. The van der Waals surface area contributed by atoms with Crippen LogP contribution >= 0.6 is 0 Å². The minimum absolute atomic E-state index is 0.433. The van der Waals surface area contributed by atoms with E-state index in [9.17, 15) is 0 Å². The SMILES string of the molecule is Cc1cc(-c2nnc3n2CCC2(CC3)OCCO2)no1. The zero-order valence-electron chi connectivity index (χ0n) is 11.3. The summed E-state index contributed by atoms with van der Waals surface area (Å²) in [6.45, 7) is 3.99. The third kappa shape index (κ3) is 1.85. The Balaban J connectivity index is 1.66. The summed E-state index contributed by atoms with van der Waals surface area (Å²) in [5, 5.41) is 12.5. The molecule has 0 radical (unpaired) electrons. The molecule has 0 amide bonds. The van der Waals surface area contributed by atoms with Gasteiger partial charge in [-0.05, 0) is 6.92 Å². The fraction of sp³-hybridized carbons (Fsp3) is 0.615. The first-order valence-corrected chi connectivity index (χ1v) is 6.89. The molecule has 2 aliphatic heterocycles. The van der Waals surface area contributed by atoms with E-state index in [0.717, 1.165) is 48.9 Å². The maximum Gasteiger partial charge on any atom is 0.186 e. The zero-order chi connectivity index (χ0) is 13.6. The summed E-state index contributed by atoms with van der Waals surface area (Å²) in [7, 11) is 0. The lowest BCUT2D eigenvalue weighted by Crippen LogP contribution is -2.30. The summed E-state index contributed by atoms with van der Waals surface area (Å²) >= 11 is 0. The minimum Gasteiger partial charge on any atom is -0.361 e. The van der Waals surface area contributed by atoms with Crippen LogP contribution < -0.4 is 0 Å². The Morgan fingerprint density at radius 1 is 1.20 bits per heavy atom. The molecule has 2 aromatic rings. The van der Waals surface area contributed by atoms with Crippen molar-refractivity contribution >= 4 is 0 Å². The van der Waals surface area contributed by atoms with Crippen LogP contribution in [0.1, 0.15) is 24.4 Å². The van der Waals surface area contributed by atoms with Crippen molar-refractivity contribution in [3.8, 4) is 11.5 Å². The second-order valence-electron chi connectivity index (χ2n) is 5.27. The molecule has 106 valence electrons. The lowest BCUT2D eigenvalue weighted by Gasteiger charge is -2.24. The van der Waals surface area contributed by atoms with Gasteiger partial charge in [0.2, 0.25) is 0 Å². The zero-order valence-corrected chi connectivity index (χ0v) is 11.3. The Morgan fingerprint density at radius 2 is 2.05 bits per heavy atom. The average Bonchev–Trinajstić information content (AvgIpc) is 3.11. The van der Waals surface area contributed by atoms with Crippen molar-refractivity contribution in [1.82, 2.24) is 19.9 Å². The molecular weight excluding hydrogens is 260 g/mol. The quantitative estimate of drug-likeness (QED) is 0.782. The number of fused-ring (bicyclic) bond motifs is 1.